The predicted molar refractivity (Wildman–Crippen MR) is 89.8 cm³/mol. The molecule has 1 aliphatic heterocycles. The molecule has 0 aromatic carbocycles. The molecule has 0 aliphatic carbocycles. The highest BCUT2D eigenvalue weighted by molar-refractivity contribution is 6.02. The smallest absolute Gasteiger partial charge is 0.270 e. The van der Waals surface area contributed by atoms with Crippen LogP contribution in [0.2, 0.25) is 0 Å². The standard InChI is InChI=1S/C16H25N3O2.ClH/c1-9-13(11(3)20)10(2)18-14(9)15(21)19-7-6-12(17)16(4,5)8-19;/h12,18H,6-8,17H2,1-5H3;1H. The Morgan fingerprint density at radius 3 is 2.36 bits per heavy atom. The van der Waals surface area contributed by atoms with Crippen molar-refractivity contribution in [3.63, 3.8) is 0 Å². The fourth-order valence-electron chi connectivity index (χ4n) is 3.20. The van der Waals surface area contributed by atoms with Crippen molar-refractivity contribution in [1.29, 1.82) is 0 Å². The molecule has 2 rings (SSSR count). The maximum absolute atomic E-state index is 12.7. The van der Waals surface area contributed by atoms with E-state index in [9.17, 15) is 9.59 Å². The van der Waals surface area contributed by atoms with Crippen LogP contribution >= 0.6 is 12.4 Å². The molecule has 1 aliphatic rings. The number of nitrogens with zero attached hydrogens (tertiary/aromatic N) is 1. The molecule has 1 aromatic heterocycles. The van der Waals surface area contributed by atoms with Crippen LogP contribution in [0, 0.1) is 19.3 Å². The summed E-state index contributed by atoms with van der Waals surface area (Å²) in [6, 6.07) is 0.112. The lowest BCUT2D eigenvalue weighted by molar-refractivity contribution is 0.0527. The Morgan fingerprint density at radius 1 is 1.32 bits per heavy atom. The molecule has 0 spiro atoms. The van der Waals surface area contributed by atoms with Crippen LogP contribution in [0.3, 0.4) is 0 Å². The monoisotopic (exact) mass is 327 g/mol. The van der Waals surface area contributed by atoms with Gasteiger partial charge >= 0.3 is 0 Å². The van der Waals surface area contributed by atoms with Gasteiger partial charge in [0.1, 0.15) is 5.69 Å². The fraction of sp³-hybridized carbons (Fsp3) is 0.625. The number of Topliss-reactive ketones (excluding diaryl/α,β-unsaturated/α-hetero) is 1. The van der Waals surface area contributed by atoms with Crippen LogP contribution in [0.4, 0.5) is 0 Å². The molecule has 3 N–H and O–H groups in total. The highest BCUT2D eigenvalue weighted by Crippen LogP contribution is 2.29. The van der Waals surface area contributed by atoms with E-state index in [0.29, 0.717) is 24.3 Å². The zero-order valence-electron chi connectivity index (χ0n) is 13.9. The predicted octanol–water partition coefficient (Wildman–Crippen LogP) is 2.46. The van der Waals surface area contributed by atoms with E-state index in [-0.39, 0.29) is 35.6 Å². The van der Waals surface area contributed by atoms with Gasteiger partial charge in [0, 0.05) is 30.4 Å². The summed E-state index contributed by atoms with van der Waals surface area (Å²) in [7, 11) is 0. The van der Waals surface area contributed by atoms with E-state index in [1.165, 1.54) is 6.92 Å². The Balaban J connectivity index is 0.00000242. The van der Waals surface area contributed by atoms with E-state index < -0.39 is 0 Å². The number of nitrogens with one attached hydrogen (secondary N) is 1. The number of piperidine rings is 1. The molecule has 1 fully saturated rings. The maximum atomic E-state index is 12.7. The first-order valence-electron chi connectivity index (χ1n) is 7.40. The first-order chi connectivity index (χ1) is 9.65. The molecule has 1 atom stereocenters. The van der Waals surface area contributed by atoms with E-state index in [0.717, 1.165) is 17.7 Å². The van der Waals surface area contributed by atoms with Gasteiger partial charge in [0.25, 0.3) is 5.91 Å². The normalized spacial score (nSPS) is 20.5. The number of halogens is 1. The first kappa shape index (κ1) is 18.7. The van der Waals surface area contributed by atoms with Crippen molar-refractivity contribution in [2.45, 2.75) is 47.1 Å². The van der Waals surface area contributed by atoms with Crippen LogP contribution in [0.5, 0.6) is 0 Å². The Labute approximate surface area is 138 Å². The van der Waals surface area contributed by atoms with Crippen LogP contribution < -0.4 is 5.73 Å². The van der Waals surface area contributed by atoms with Crippen molar-refractivity contribution >= 4 is 24.1 Å². The second kappa shape index (κ2) is 6.42. The van der Waals surface area contributed by atoms with Gasteiger partial charge in [-0.2, -0.15) is 0 Å². The summed E-state index contributed by atoms with van der Waals surface area (Å²) in [5, 5.41) is 0. The molecular weight excluding hydrogens is 302 g/mol. The van der Waals surface area contributed by atoms with E-state index in [1.807, 2.05) is 18.7 Å². The van der Waals surface area contributed by atoms with Crippen molar-refractivity contribution in [2.75, 3.05) is 13.1 Å². The van der Waals surface area contributed by atoms with Gasteiger partial charge in [0.05, 0.1) is 0 Å². The van der Waals surface area contributed by atoms with Crippen LogP contribution in [-0.2, 0) is 0 Å². The quantitative estimate of drug-likeness (QED) is 0.819. The Kier molecular flexibility index (Phi) is 5.47. The number of nitrogens with two attached hydrogens (primary N) is 1. The number of aromatic nitrogens is 1. The van der Waals surface area contributed by atoms with Crippen molar-refractivity contribution < 1.29 is 9.59 Å². The van der Waals surface area contributed by atoms with Gasteiger partial charge in [-0.25, -0.2) is 0 Å². The molecule has 1 saturated heterocycles. The number of aryl methyl sites for hydroxylation is 1. The average Bonchev–Trinajstić information content (AvgIpc) is 2.67. The zero-order valence-corrected chi connectivity index (χ0v) is 14.8. The molecule has 2 heterocycles. The van der Waals surface area contributed by atoms with E-state index >= 15 is 0 Å². The molecule has 1 unspecified atom stereocenters. The SMILES string of the molecule is CC(=O)c1c(C)[nH]c(C(=O)N2CCC(N)C(C)(C)C2)c1C.Cl. The largest absolute Gasteiger partial charge is 0.354 e. The summed E-state index contributed by atoms with van der Waals surface area (Å²) in [6.45, 7) is 10.7. The number of amides is 1. The number of ketones is 1. The van der Waals surface area contributed by atoms with Gasteiger partial charge in [-0.15, -0.1) is 12.4 Å². The minimum atomic E-state index is -0.0904. The summed E-state index contributed by atoms with van der Waals surface area (Å²) in [5.41, 5.74) is 8.70. The van der Waals surface area contributed by atoms with Gasteiger partial charge < -0.3 is 15.6 Å². The fourth-order valence-corrected chi connectivity index (χ4v) is 3.20. The van der Waals surface area contributed by atoms with Gasteiger partial charge in [-0.1, -0.05) is 13.8 Å². The van der Waals surface area contributed by atoms with Gasteiger partial charge in [-0.05, 0) is 38.2 Å². The van der Waals surface area contributed by atoms with Gasteiger partial charge in [0.15, 0.2) is 5.78 Å². The number of H-pyrrole nitrogens is 1. The number of carbonyl (C=O) groups excluding carboxylic acids is 2. The Bertz CT molecular complexity index is 592. The average molecular weight is 328 g/mol. The van der Waals surface area contributed by atoms with Crippen molar-refractivity contribution in [2.24, 2.45) is 11.1 Å². The second-order valence-electron chi connectivity index (χ2n) is 6.79. The van der Waals surface area contributed by atoms with Gasteiger partial charge in [-0.3, -0.25) is 9.59 Å². The number of aromatic amines is 1. The third-order valence-electron chi connectivity index (χ3n) is 4.60. The molecule has 0 radical (unpaired) electrons. The van der Waals surface area contributed by atoms with E-state index in [1.54, 1.807) is 0 Å². The topological polar surface area (TPSA) is 79.2 Å². The summed E-state index contributed by atoms with van der Waals surface area (Å²) in [4.78, 5) is 29.4. The summed E-state index contributed by atoms with van der Waals surface area (Å²) >= 11 is 0. The molecule has 1 aromatic rings. The molecule has 124 valence electrons. The van der Waals surface area contributed by atoms with Crippen molar-refractivity contribution in [1.82, 2.24) is 9.88 Å². The van der Waals surface area contributed by atoms with Crippen LogP contribution in [0.15, 0.2) is 0 Å². The minimum Gasteiger partial charge on any atom is -0.354 e. The summed E-state index contributed by atoms with van der Waals surface area (Å²) in [6.07, 6.45) is 0.803. The lowest BCUT2D eigenvalue weighted by Crippen LogP contribution is -2.54. The number of likely N-dealkylation sites (tertiary alicyclic amines) is 1. The molecule has 6 heteroatoms. The number of rotatable bonds is 2. The van der Waals surface area contributed by atoms with Gasteiger partial charge in [0.2, 0.25) is 0 Å². The molecule has 22 heavy (non-hydrogen) atoms. The lowest BCUT2D eigenvalue weighted by Gasteiger charge is -2.42. The van der Waals surface area contributed by atoms with Crippen molar-refractivity contribution in [3.05, 3.63) is 22.5 Å². The number of carbonyl (C=O) groups is 2. The third-order valence-corrected chi connectivity index (χ3v) is 4.60. The molecule has 0 bridgehead atoms. The maximum Gasteiger partial charge on any atom is 0.270 e. The Morgan fingerprint density at radius 2 is 1.91 bits per heavy atom. The van der Waals surface area contributed by atoms with Crippen molar-refractivity contribution in [3.8, 4) is 0 Å². The first-order valence-corrected chi connectivity index (χ1v) is 7.40. The highest BCUT2D eigenvalue weighted by Gasteiger charge is 2.36. The minimum absolute atomic E-state index is 0. The zero-order chi connectivity index (χ0) is 15.9. The summed E-state index contributed by atoms with van der Waals surface area (Å²) in [5.74, 6) is -0.0515. The molecule has 5 nitrogen and oxygen atoms in total. The lowest BCUT2D eigenvalue weighted by atomic mass is 9.79. The van der Waals surface area contributed by atoms with E-state index in [2.05, 4.69) is 18.8 Å². The number of hydrogen-bond acceptors (Lipinski definition) is 3. The molecule has 1 amide bonds. The Hall–Kier alpha value is -1.33. The highest BCUT2D eigenvalue weighted by atomic mass is 35.5. The molecule has 0 saturated carbocycles. The third kappa shape index (κ3) is 3.20. The van der Waals surface area contributed by atoms with E-state index in [4.69, 9.17) is 5.73 Å². The molecular formula is C16H26ClN3O2. The summed E-state index contributed by atoms with van der Waals surface area (Å²) < 4.78 is 0. The van der Waals surface area contributed by atoms with Crippen LogP contribution in [-0.4, -0.2) is 40.7 Å². The van der Waals surface area contributed by atoms with Crippen LogP contribution in [0.25, 0.3) is 0 Å². The second-order valence-corrected chi connectivity index (χ2v) is 6.79. The number of hydrogen-bond donors (Lipinski definition) is 2. The van der Waals surface area contributed by atoms with Crippen LogP contribution in [0.1, 0.15) is 59.3 Å².